The van der Waals surface area contributed by atoms with Gasteiger partial charge in [0.05, 0.1) is 12.2 Å². The summed E-state index contributed by atoms with van der Waals surface area (Å²) in [6, 6.07) is 10.9. The second kappa shape index (κ2) is 8.82. The third kappa shape index (κ3) is 5.06. The van der Waals surface area contributed by atoms with Crippen LogP contribution in [0.4, 0.5) is 0 Å². The molecule has 0 aliphatic heterocycles. The standard InChI is InChI=1S/C19H16BrN3O2S/c20-15-3-1-14(2-4-15)17(24)5-6-18(25)22-11-19-23-16(12-26-19)13-7-9-21-10-8-13/h1-4,7-10,12H,5-6,11H2,(H,22,25). The van der Waals surface area contributed by atoms with Gasteiger partial charge in [0, 0.05) is 46.2 Å². The Morgan fingerprint density at radius 3 is 2.50 bits per heavy atom. The highest BCUT2D eigenvalue weighted by atomic mass is 79.9. The van der Waals surface area contributed by atoms with Crippen molar-refractivity contribution < 1.29 is 9.59 Å². The van der Waals surface area contributed by atoms with Crippen LogP contribution in [0.25, 0.3) is 11.3 Å². The Hall–Kier alpha value is -2.38. The molecule has 0 radical (unpaired) electrons. The average Bonchev–Trinajstić information content (AvgIpc) is 3.15. The molecule has 0 atom stereocenters. The van der Waals surface area contributed by atoms with Gasteiger partial charge < -0.3 is 5.32 Å². The summed E-state index contributed by atoms with van der Waals surface area (Å²) in [5.74, 6) is -0.196. The number of Topliss-reactive ketones (excluding diaryl/α,β-unsaturated/α-hetero) is 1. The number of pyridine rings is 1. The maximum atomic E-state index is 12.1. The summed E-state index contributed by atoms with van der Waals surface area (Å²) in [4.78, 5) is 32.6. The number of carbonyl (C=O) groups excluding carboxylic acids is 2. The van der Waals surface area contributed by atoms with Gasteiger partial charge in [-0.15, -0.1) is 11.3 Å². The van der Waals surface area contributed by atoms with Crippen molar-refractivity contribution in [3.8, 4) is 11.3 Å². The topological polar surface area (TPSA) is 72.0 Å². The molecule has 3 aromatic rings. The van der Waals surface area contributed by atoms with Crippen LogP contribution in [0.2, 0.25) is 0 Å². The van der Waals surface area contributed by atoms with E-state index in [4.69, 9.17) is 0 Å². The van der Waals surface area contributed by atoms with Crippen LogP contribution in [0.3, 0.4) is 0 Å². The van der Waals surface area contributed by atoms with Crippen molar-refractivity contribution in [2.75, 3.05) is 0 Å². The van der Waals surface area contributed by atoms with Gasteiger partial charge in [-0.25, -0.2) is 4.98 Å². The molecular formula is C19H16BrN3O2S. The molecule has 1 amide bonds. The number of benzene rings is 1. The van der Waals surface area contributed by atoms with Crippen LogP contribution in [0.15, 0.2) is 58.6 Å². The summed E-state index contributed by atoms with van der Waals surface area (Å²) in [6.45, 7) is 0.362. The smallest absolute Gasteiger partial charge is 0.220 e. The number of nitrogens with one attached hydrogen (secondary N) is 1. The van der Waals surface area contributed by atoms with Crippen molar-refractivity contribution in [1.29, 1.82) is 0 Å². The fraction of sp³-hybridized carbons (Fsp3) is 0.158. The molecule has 0 fully saturated rings. The maximum Gasteiger partial charge on any atom is 0.220 e. The van der Waals surface area contributed by atoms with Crippen LogP contribution < -0.4 is 5.32 Å². The summed E-state index contributed by atoms with van der Waals surface area (Å²) in [7, 11) is 0. The number of thiazole rings is 1. The number of carbonyl (C=O) groups is 2. The van der Waals surface area contributed by atoms with E-state index in [2.05, 4.69) is 31.2 Å². The number of rotatable bonds is 7. The predicted molar refractivity (Wildman–Crippen MR) is 105 cm³/mol. The van der Waals surface area contributed by atoms with Gasteiger partial charge in [-0.2, -0.15) is 0 Å². The zero-order valence-corrected chi connectivity index (χ0v) is 16.2. The van der Waals surface area contributed by atoms with Crippen LogP contribution in [0, 0.1) is 0 Å². The lowest BCUT2D eigenvalue weighted by Gasteiger charge is -2.03. The largest absolute Gasteiger partial charge is 0.350 e. The Bertz CT molecular complexity index is 895. The number of hydrogen-bond acceptors (Lipinski definition) is 5. The second-order valence-corrected chi connectivity index (χ2v) is 7.43. The van der Waals surface area contributed by atoms with Gasteiger partial charge in [0.2, 0.25) is 5.91 Å². The maximum absolute atomic E-state index is 12.1. The van der Waals surface area contributed by atoms with Crippen molar-refractivity contribution in [3.63, 3.8) is 0 Å². The Morgan fingerprint density at radius 2 is 1.77 bits per heavy atom. The molecule has 0 aliphatic carbocycles. The quantitative estimate of drug-likeness (QED) is 0.569. The first kappa shape index (κ1) is 18.4. The van der Waals surface area contributed by atoms with Crippen LogP contribution in [0.1, 0.15) is 28.2 Å². The van der Waals surface area contributed by atoms with E-state index in [9.17, 15) is 9.59 Å². The summed E-state index contributed by atoms with van der Waals surface area (Å²) in [5, 5.41) is 5.59. The minimum Gasteiger partial charge on any atom is -0.350 e. The number of nitrogens with zero attached hydrogens (tertiary/aromatic N) is 2. The molecule has 0 spiro atoms. The highest BCUT2D eigenvalue weighted by Gasteiger charge is 2.10. The summed E-state index contributed by atoms with van der Waals surface area (Å²) < 4.78 is 0.918. The van der Waals surface area contributed by atoms with Crippen molar-refractivity contribution in [2.45, 2.75) is 19.4 Å². The second-order valence-electron chi connectivity index (χ2n) is 5.57. The number of halogens is 1. The molecule has 0 unspecified atom stereocenters. The van der Waals surface area contributed by atoms with E-state index in [-0.39, 0.29) is 24.5 Å². The van der Waals surface area contributed by atoms with Gasteiger partial charge in [0.15, 0.2) is 5.78 Å². The molecule has 0 saturated carbocycles. The Morgan fingerprint density at radius 1 is 1.04 bits per heavy atom. The number of aromatic nitrogens is 2. The molecule has 5 nitrogen and oxygen atoms in total. The molecule has 0 aliphatic rings. The Labute approximate surface area is 163 Å². The lowest BCUT2D eigenvalue weighted by molar-refractivity contribution is -0.121. The van der Waals surface area contributed by atoms with Crippen LogP contribution >= 0.6 is 27.3 Å². The molecule has 0 bridgehead atoms. The highest BCUT2D eigenvalue weighted by Crippen LogP contribution is 2.21. The summed E-state index contributed by atoms with van der Waals surface area (Å²) in [6.07, 6.45) is 3.79. The van der Waals surface area contributed by atoms with Gasteiger partial charge in [-0.1, -0.05) is 28.1 Å². The summed E-state index contributed by atoms with van der Waals surface area (Å²) in [5.41, 5.74) is 2.48. The van der Waals surface area contributed by atoms with Gasteiger partial charge in [0.1, 0.15) is 5.01 Å². The Kier molecular flexibility index (Phi) is 6.25. The minimum absolute atomic E-state index is 0.0399. The van der Waals surface area contributed by atoms with Crippen molar-refractivity contribution >= 4 is 39.0 Å². The summed E-state index contributed by atoms with van der Waals surface area (Å²) >= 11 is 4.82. The molecule has 0 saturated heterocycles. The zero-order valence-electron chi connectivity index (χ0n) is 13.8. The molecule has 2 aromatic heterocycles. The fourth-order valence-corrected chi connectivity index (χ4v) is 3.32. The third-order valence-electron chi connectivity index (χ3n) is 3.71. The monoisotopic (exact) mass is 429 g/mol. The average molecular weight is 430 g/mol. The van der Waals surface area contributed by atoms with Gasteiger partial charge >= 0.3 is 0 Å². The zero-order chi connectivity index (χ0) is 18.4. The number of ketones is 1. The fourth-order valence-electron chi connectivity index (χ4n) is 2.32. The number of amides is 1. The molecule has 3 rings (SSSR count). The van der Waals surface area contributed by atoms with Gasteiger partial charge in [-0.05, 0) is 24.3 Å². The van der Waals surface area contributed by atoms with Crippen LogP contribution in [0.5, 0.6) is 0 Å². The van der Waals surface area contributed by atoms with E-state index in [1.165, 1.54) is 11.3 Å². The first-order valence-corrected chi connectivity index (χ1v) is 9.69. The molecule has 1 aromatic carbocycles. The molecular weight excluding hydrogens is 414 g/mol. The van der Waals surface area contributed by atoms with E-state index in [1.807, 2.05) is 29.6 Å². The van der Waals surface area contributed by atoms with Crippen LogP contribution in [-0.2, 0) is 11.3 Å². The lowest BCUT2D eigenvalue weighted by Crippen LogP contribution is -2.23. The van der Waals surface area contributed by atoms with E-state index in [0.29, 0.717) is 12.1 Å². The first-order chi connectivity index (χ1) is 12.6. The lowest BCUT2D eigenvalue weighted by atomic mass is 10.1. The van der Waals surface area contributed by atoms with Gasteiger partial charge in [-0.3, -0.25) is 14.6 Å². The first-order valence-electron chi connectivity index (χ1n) is 8.02. The normalized spacial score (nSPS) is 10.5. The SMILES string of the molecule is O=C(CCC(=O)c1ccc(Br)cc1)NCc1nc(-c2ccncc2)cs1. The highest BCUT2D eigenvalue weighted by molar-refractivity contribution is 9.10. The van der Waals surface area contributed by atoms with Crippen molar-refractivity contribution in [1.82, 2.24) is 15.3 Å². The van der Waals surface area contributed by atoms with E-state index in [0.717, 1.165) is 20.7 Å². The number of hydrogen-bond donors (Lipinski definition) is 1. The van der Waals surface area contributed by atoms with Crippen LogP contribution in [-0.4, -0.2) is 21.7 Å². The molecule has 1 N–H and O–H groups in total. The van der Waals surface area contributed by atoms with Gasteiger partial charge in [0.25, 0.3) is 0 Å². The van der Waals surface area contributed by atoms with E-state index < -0.39 is 0 Å². The minimum atomic E-state index is -0.156. The van der Waals surface area contributed by atoms with Crippen molar-refractivity contribution in [2.24, 2.45) is 0 Å². The Balaban J connectivity index is 1.46. The van der Waals surface area contributed by atoms with Crippen molar-refractivity contribution in [3.05, 3.63) is 69.2 Å². The molecule has 132 valence electrons. The third-order valence-corrected chi connectivity index (χ3v) is 5.09. The predicted octanol–water partition coefficient (Wildman–Crippen LogP) is 4.25. The molecule has 26 heavy (non-hydrogen) atoms. The van der Waals surface area contributed by atoms with E-state index >= 15 is 0 Å². The van der Waals surface area contributed by atoms with E-state index in [1.54, 1.807) is 24.5 Å². The molecule has 7 heteroatoms. The molecule has 2 heterocycles.